The van der Waals surface area contributed by atoms with Crippen LogP contribution in [0.4, 0.5) is 6.01 Å². The van der Waals surface area contributed by atoms with Gasteiger partial charge in [-0.15, -0.1) is 16.9 Å². The summed E-state index contributed by atoms with van der Waals surface area (Å²) >= 11 is 1.41. The molecule has 0 saturated carbocycles. The van der Waals surface area contributed by atoms with Crippen LogP contribution < -0.4 is 10.1 Å². The Hall–Kier alpha value is -2.80. The van der Waals surface area contributed by atoms with Gasteiger partial charge in [-0.05, 0) is 43.3 Å². The number of carbonyl (C=O) groups is 1. The summed E-state index contributed by atoms with van der Waals surface area (Å²) < 4.78 is 10.6. The molecule has 0 aliphatic heterocycles. The highest BCUT2D eigenvalue weighted by Crippen LogP contribution is 2.23. The molecular formula is C18H17N3O3S. The van der Waals surface area contributed by atoms with E-state index >= 15 is 0 Å². The molecule has 2 aromatic carbocycles. The van der Waals surface area contributed by atoms with Crippen molar-refractivity contribution in [1.29, 1.82) is 0 Å². The number of rotatable bonds is 6. The number of thioether (sulfide) groups is 1. The highest BCUT2D eigenvalue weighted by molar-refractivity contribution is 8.00. The number of nitrogens with one attached hydrogen (secondary N) is 1. The van der Waals surface area contributed by atoms with Gasteiger partial charge in [-0.25, -0.2) is 0 Å². The van der Waals surface area contributed by atoms with Gasteiger partial charge < -0.3 is 9.15 Å². The smallest absolute Gasteiger partial charge is 0.322 e. The number of carbonyl (C=O) groups excluding carboxylic acids is 1. The number of aromatic nitrogens is 2. The zero-order chi connectivity index (χ0) is 17.6. The van der Waals surface area contributed by atoms with Crippen LogP contribution in [0.25, 0.3) is 11.5 Å². The van der Waals surface area contributed by atoms with E-state index in [1.807, 2.05) is 55.5 Å². The van der Waals surface area contributed by atoms with Crippen LogP contribution in [0.15, 0.2) is 57.8 Å². The lowest BCUT2D eigenvalue weighted by molar-refractivity contribution is -0.113. The second kappa shape index (κ2) is 7.85. The molecule has 128 valence electrons. The molecular weight excluding hydrogens is 338 g/mol. The third kappa shape index (κ3) is 4.60. The van der Waals surface area contributed by atoms with Crippen LogP contribution in [0.1, 0.15) is 5.56 Å². The van der Waals surface area contributed by atoms with Crippen LogP contribution >= 0.6 is 11.8 Å². The Morgan fingerprint density at radius 1 is 1.20 bits per heavy atom. The third-order valence-electron chi connectivity index (χ3n) is 3.37. The average Bonchev–Trinajstić information content (AvgIpc) is 3.09. The minimum atomic E-state index is -0.208. The number of hydrogen-bond acceptors (Lipinski definition) is 6. The first-order valence-corrected chi connectivity index (χ1v) is 8.60. The van der Waals surface area contributed by atoms with Gasteiger partial charge in [0.05, 0.1) is 12.9 Å². The first-order chi connectivity index (χ1) is 12.1. The Kier molecular flexibility index (Phi) is 5.35. The molecule has 3 aromatic rings. The third-order valence-corrected chi connectivity index (χ3v) is 4.38. The standard InChI is InChI=1S/C18H17N3O3S/c1-12-4-3-5-13(10-12)17-20-21-18(24-17)19-16(22)11-25-15-8-6-14(23-2)7-9-15/h3-10H,11H2,1-2H3,(H,19,21,22). The maximum atomic E-state index is 12.0. The second-order valence-electron chi connectivity index (χ2n) is 5.29. The number of benzene rings is 2. The number of nitrogens with zero attached hydrogens (tertiary/aromatic N) is 2. The molecule has 1 N–H and O–H groups in total. The lowest BCUT2D eigenvalue weighted by Crippen LogP contribution is -2.14. The minimum Gasteiger partial charge on any atom is -0.497 e. The van der Waals surface area contributed by atoms with Gasteiger partial charge in [-0.1, -0.05) is 22.8 Å². The van der Waals surface area contributed by atoms with Crippen molar-refractivity contribution in [1.82, 2.24) is 10.2 Å². The lowest BCUT2D eigenvalue weighted by Gasteiger charge is -2.03. The summed E-state index contributed by atoms with van der Waals surface area (Å²) in [6, 6.07) is 15.3. The van der Waals surface area contributed by atoms with Crippen molar-refractivity contribution in [3.05, 3.63) is 54.1 Å². The van der Waals surface area contributed by atoms with Crippen LogP contribution in [0, 0.1) is 6.92 Å². The van der Waals surface area contributed by atoms with Crippen molar-refractivity contribution in [3.63, 3.8) is 0 Å². The molecule has 0 spiro atoms. The van der Waals surface area contributed by atoms with Crippen molar-refractivity contribution >= 4 is 23.7 Å². The van der Waals surface area contributed by atoms with Crippen LogP contribution in [0.2, 0.25) is 0 Å². The molecule has 3 rings (SSSR count). The maximum Gasteiger partial charge on any atom is 0.322 e. The molecule has 0 unspecified atom stereocenters. The fourth-order valence-electron chi connectivity index (χ4n) is 2.14. The number of amides is 1. The molecule has 1 amide bonds. The summed E-state index contributed by atoms with van der Waals surface area (Å²) in [4.78, 5) is 13.0. The number of ether oxygens (including phenoxy) is 1. The quantitative estimate of drug-likeness (QED) is 0.678. The Labute approximate surface area is 149 Å². The van der Waals surface area contributed by atoms with Gasteiger partial charge in [0, 0.05) is 10.5 Å². The van der Waals surface area contributed by atoms with Crippen molar-refractivity contribution in [3.8, 4) is 17.2 Å². The molecule has 7 heteroatoms. The Balaban J connectivity index is 1.56. The van der Waals surface area contributed by atoms with Crippen molar-refractivity contribution in [2.24, 2.45) is 0 Å². The Bertz CT molecular complexity index is 862. The molecule has 0 saturated heterocycles. The first kappa shape index (κ1) is 17.0. The van der Waals surface area contributed by atoms with Crippen molar-refractivity contribution in [2.45, 2.75) is 11.8 Å². The summed E-state index contributed by atoms with van der Waals surface area (Å²) in [7, 11) is 1.62. The number of hydrogen-bond donors (Lipinski definition) is 1. The molecule has 0 atom stereocenters. The largest absolute Gasteiger partial charge is 0.497 e. The van der Waals surface area contributed by atoms with Gasteiger partial charge in [0.25, 0.3) is 0 Å². The molecule has 1 aromatic heterocycles. The van der Waals surface area contributed by atoms with Gasteiger partial charge in [0.15, 0.2) is 0 Å². The number of aryl methyl sites for hydroxylation is 1. The maximum absolute atomic E-state index is 12.0. The van der Waals surface area contributed by atoms with E-state index in [1.165, 1.54) is 11.8 Å². The minimum absolute atomic E-state index is 0.0943. The summed E-state index contributed by atoms with van der Waals surface area (Å²) in [5.74, 6) is 1.19. The summed E-state index contributed by atoms with van der Waals surface area (Å²) in [6.45, 7) is 1.99. The van der Waals surface area contributed by atoms with Crippen LogP contribution in [-0.4, -0.2) is 29.0 Å². The van der Waals surface area contributed by atoms with Crippen molar-refractivity contribution in [2.75, 3.05) is 18.2 Å². The zero-order valence-electron chi connectivity index (χ0n) is 13.9. The molecule has 0 bridgehead atoms. The van der Waals surface area contributed by atoms with Gasteiger partial charge in [0.2, 0.25) is 11.8 Å². The van der Waals surface area contributed by atoms with E-state index in [0.29, 0.717) is 5.89 Å². The zero-order valence-corrected chi connectivity index (χ0v) is 14.7. The second-order valence-corrected chi connectivity index (χ2v) is 6.34. The van der Waals surface area contributed by atoms with Crippen LogP contribution in [-0.2, 0) is 4.79 Å². The van der Waals surface area contributed by atoms with E-state index < -0.39 is 0 Å². The van der Waals surface area contributed by atoms with Crippen LogP contribution in [0.3, 0.4) is 0 Å². The molecule has 0 fully saturated rings. The van der Waals surface area contributed by atoms with Gasteiger partial charge >= 0.3 is 6.01 Å². The Morgan fingerprint density at radius 2 is 2.00 bits per heavy atom. The summed E-state index contributed by atoms with van der Waals surface area (Å²) in [5.41, 5.74) is 1.91. The van der Waals surface area contributed by atoms with E-state index in [4.69, 9.17) is 9.15 Å². The fraction of sp³-hybridized carbons (Fsp3) is 0.167. The van der Waals surface area contributed by atoms with E-state index in [2.05, 4.69) is 15.5 Å². The number of methoxy groups -OCH3 is 1. The topological polar surface area (TPSA) is 77.2 Å². The van der Waals surface area contributed by atoms with E-state index in [0.717, 1.165) is 21.8 Å². The van der Waals surface area contributed by atoms with Gasteiger partial charge in [-0.2, -0.15) is 0 Å². The normalized spacial score (nSPS) is 10.5. The molecule has 25 heavy (non-hydrogen) atoms. The highest BCUT2D eigenvalue weighted by Gasteiger charge is 2.11. The molecule has 0 aliphatic rings. The molecule has 0 radical (unpaired) electrons. The van der Waals surface area contributed by atoms with Crippen LogP contribution in [0.5, 0.6) is 5.75 Å². The van der Waals surface area contributed by atoms with E-state index in [-0.39, 0.29) is 17.7 Å². The predicted octanol–water partition coefficient (Wildman–Crippen LogP) is 3.78. The van der Waals surface area contributed by atoms with E-state index in [9.17, 15) is 4.79 Å². The molecule has 1 heterocycles. The summed E-state index contributed by atoms with van der Waals surface area (Å²) in [6.07, 6.45) is 0. The predicted molar refractivity (Wildman–Crippen MR) is 96.8 cm³/mol. The van der Waals surface area contributed by atoms with Crippen molar-refractivity contribution < 1.29 is 13.9 Å². The fourth-order valence-corrected chi connectivity index (χ4v) is 2.84. The monoisotopic (exact) mass is 355 g/mol. The van der Waals surface area contributed by atoms with Gasteiger partial charge in [-0.3, -0.25) is 10.1 Å². The SMILES string of the molecule is COc1ccc(SCC(=O)Nc2nnc(-c3cccc(C)c3)o2)cc1. The van der Waals surface area contributed by atoms with Gasteiger partial charge in [0.1, 0.15) is 5.75 Å². The highest BCUT2D eigenvalue weighted by atomic mass is 32.2. The first-order valence-electron chi connectivity index (χ1n) is 7.61. The lowest BCUT2D eigenvalue weighted by atomic mass is 10.1. The molecule has 0 aliphatic carbocycles. The molecule has 6 nitrogen and oxygen atoms in total. The summed E-state index contributed by atoms with van der Waals surface area (Å²) in [5, 5.41) is 10.4. The van der Waals surface area contributed by atoms with E-state index in [1.54, 1.807) is 7.11 Å². The number of anilines is 1. The Morgan fingerprint density at radius 3 is 2.72 bits per heavy atom. The average molecular weight is 355 g/mol.